The third-order valence-electron chi connectivity index (χ3n) is 12.0. The highest BCUT2D eigenvalue weighted by Gasteiger charge is 2.20. The van der Waals surface area contributed by atoms with Gasteiger partial charge in [0.2, 0.25) is 0 Å². The van der Waals surface area contributed by atoms with E-state index in [0.29, 0.717) is 17.5 Å². The molecular formula is C58H37N5. The van der Waals surface area contributed by atoms with Crippen molar-refractivity contribution in [1.82, 2.24) is 24.5 Å². The average Bonchev–Trinajstić information content (AvgIpc) is 3.71. The van der Waals surface area contributed by atoms with Crippen LogP contribution in [0.4, 0.5) is 0 Å². The maximum atomic E-state index is 5.46. The molecule has 0 N–H and O–H groups in total. The van der Waals surface area contributed by atoms with Crippen molar-refractivity contribution >= 4 is 43.5 Å². The molecule has 5 nitrogen and oxygen atoms in total. The molecule has 3 heterocycles. The van der Waals surface area contributed by atoms with Crippen LogP contribution < -0.4 is 0 Å². The fourth-order valence-electron chi connectivity index (χ4n) is 9.03. The van der Waals surface area contributed by atoms with Crippen molar-refractivity contribution in [2.75, 3.05) is 0 Å². The molecule has 0 radical (unpaired) electrons. The smallest absolute Gasteiger partial charge is 0.164 e. The van der Waals surface area contributed by atoms with Gasteiger partial charge in [-0.2, -0.15) is 0 Å². The average molecular weight is 804 g/mol. The minimum atomic E-state index is 0.622. The summed E-state index contributed by atoms with van der Waals surface area (Å²) in [6.45, 7) is 0. The predicted molar refractivity (Wildman–Crippen MR) is 260 cm³/mol. The predicted octanol–water partition coefficient (Wildman–Crippen LogP) is 14.7. The Balaban J connectivity index is 0.995. The summed E-state index contributed by atoms with van der Waals surface area (Å²) in [7, 11) is 0. The second kappa shape index (κ2) is 15.2. The summed E-state index contributed by atoms with van der Waals surface area (Å²) in [5.74, 6) is 1.89. The molecule has 0 fully saturated rings. The van der Waals surface area contributed by atoms with Gasteiger partial charge in [-0.15, -0.1) is 0 Å². The molecule has 63 heavy (non-hydrogen) atoms. The van der Waals surface area contributed by atoms with Gasteiger partial charge in [0.25, 0.3) is 0 Å². The van der Waals surface area contributed by atoms with Crippen molar-refractivity contribution in [2.24, 2.45) is 0 Å². The summed E-state index contributed by atoms with van der Waals surface area (Å²) in [4.78, 5) is 20.6. The Kier molecular flexibility index (Phi) is 8.75. The van der Waals surface area contributed by atoms with Crippen LogP contribution in [0.5, 0.6) is 0 Å². The Morgan fingerprint density at radius 2 is 0.778 bits per heavy atom. The molecule has 0 saturated carbocycles. The van der Waals surface area contributed by atoms with E-state index in [9.17, 15) is 0 Å². The molecular weight excluding hydrogens is 767 g/mol. The van der Waals surface area contributed by atoms with Crippen molar-refractivity contribution in [2.45, 2.75) is 0 Å². The lowest BCUT2D eigenvalue weighted by molar-refractivity contribution is 1.07. The zero-order valence-electron chi connectivity index (χ0n) is 34.1. The van der Waals surface area contributed by atoms with E-state index in [0.717, 1.165) is 77.7 Å². The standard InChI is InChI=1S/C58H37N5/c1-5-16-38(17-6-1)43-22-15-23-45(36-43)58-61-56(41-20-9-3-10-21-41)60-57(62-58)42-30-28-39(29-31-42)44-32-34-50-49(37-44)47-33-35-52-53(54(47)55(59-50)40-18-7-2-8-19-40)48-26-13-14-27-51(48)63(52)46-24-11-4-12-25-46/h1-37H. The van der Waals surface area contributed by atoms with Gasteiger partial charge in [0.05, 0.1) is 22.2 Å². The van der Waals surface area contributed by atoms with Crippen LogP contribution in [0.3, 0.4) is 0 Å². The first-order valence-electron chi connectivity index (χ1n) is 21.2. The first-order chi connectivity index (χ1) is 31.2. The molecule has 0 aliphatic carbocycles. The van der Waals surface area contributed by atoms with Gasteiger partial charge in [-0.05, 0) is 70.1 Å². The third-order valence-corrected chi connectivity index (χ3v) is 12.0. The number of para-hydroxylation sites is 2. The molecule has 9 aromatic carbocycles. The summed E-state index contributed by atoms with van der Waals surface area (Å²) in [5.41, 5.74) is 13.7. The third kappa shape index (κ3) is 6.42. The number of hydrogen-bond acceptors (Lipinski definition) is 4. The maximum absolute atomic E-state index is 5.46. The highest BCUT2D eigenvalue weighted by Crippen LogP contribution is 2.43. The van der Waals surface area contributed by atoms with Gasteiger partial charge in [-0.3, -0.25) is 0 Å². The SMILES string of the molecule is c1ccc(-c2cccc(-c3nc(-c4ccccc4)nc(-c4ccc(-c5ccc6nc(-c7ccccc7)c7c(ccc8c7c7ccccc7n8-c7ccccc7)c6c5)cc4)n3)c2)cc1. The summed E-state index contributed by atoms with van der Waals surface area (Å²) in [5, 5.41) is 5.83. The quantitative estimate of drug-likeness (QED) is 0.151. The van der Waals surface area contributed by atoms with Crippen molar-refractivity contribution in [3.8, 4) is 73.4 Å². The van der Waals surface area contributed by atoms with Gasteiger partial charge < -0.3 is 4.57 Å². The first-order valence-corrected chi connectivity index (χ1v) is 21.2. The van der Waals surface area contributed by atoms with Crippen LogP contribution in [-0.4, -0.2) is 24.5 Å². The molecule has 12 aromatic rings. The lowest BCUT2D eigenvalue weighted by Gasteiger charge is -2.14. The molecule has 0 atom stereocenters. The maximum Gasteiger partial charge on any atom is 0.164 e. The number of rotatable bonds is 7. The van der Waals surface area contributed by atoms with E-state index in [1.54, 1.807) is 0 Å². The summed E-state index contributed by atoms with van der Waals surface area (Å²) < 4.78 is 2.38. The number of aromatic nitrogens is 5. The summed E-state index contributed by atoms with van der Waals surface area (Å²) >= 11 is 0. The number of hydrogen-bond donors (Lipinski definition) is 0. The zero-order valence-corrected chi connectivity index (χ0v) is 34.1. The minimum absolute atomic E-state index is 0.622. The number of nitrogens with zero attached hydrogens (tertiary/aromatic N) is 5. The normalized spacial score (nSPS) is 11.5. The lowest BCUT2D eigenvalue weighted by atomic mass is 9.94. The minimum Gasteiger partial charge on any atom is -0.309 e. The Morgan fingerprint density at radius 3 is 1.49 bits per heavy atom. The molecule has 5 heteroatoms. The van der Waals surface area contributed by atoms with E-state index in [1.165, 1.54) is 21.7 Å². The van der Waals surface area contributed by atoms with Crippen LogP contribution in [0.1, 0.15) is 0 Å². The summed E-state index contributed by atoms with van der Waals surface area (Å²) in [6.07, 6.45) is 0. The van der Waals surface area contributed by atoms with E-state index in [-0.39, 0.29) is 0 Å². The fraction of sp³-hybridized carbons (Fsp3) is 0. The highest BCUT2D eigenvalue weighted by molar-refractivity contribution is 6.28. The lowest BCUT2D eigenvalue weighted by Crippen LogP contribution is -2.00. The van der Waals surface area contributed by atoms with Gasteiger partial charge in [-0.1, -0.05) is 182 Å². The Bertz CT molecular complexity index is 3640. The molecule has 0 aliphatic heterocycles. The van der Waals surface area contributed by atoms with Crippen molar-refractivity contribution in [3.63, 3.8) is 0 Å². The highest BCUT2D eigenvalue weighted by atomic mass is 15.0. The first kappa shape index (κ1) is 36.3. The van der Waals surface area contributed by atoms with Crippen LogP contribution in [0, 0.1) is 0 Å². The van der Waals surface area contributed by atoms with Gasteiger partial charge in [0.15, 0.2) is 17.5 Å². The van der Waals surface area contributed by atoms with E-state index in [1.807, 2.05) is 36.4 Å². The molecule has 0 unspecified atom stereocenters. The van der Waals surface area contributed by atoms with Crippen LogP contribution in [0.2, 0.25) is 0 Å². The van der Waals surface area contributed by atoms with E-state index >= 15 is 0 Å². The van der Waals surface area contributed by atoms with Gasteiger partial charge in [-0.25, -0.2) is 19.9 Å². The number of fused-ring (bicyclic) bond motifs is 7. The molecule has 0 bridgehead atoms. The van der Waals surface area contributed by atoms with Crippen molar-refractivity contribution < 1.29 is 0 Å². The molecule has 0 spiro atoms. The van der Waals surface area contributed by atoms with Gasteiger partial charge in [0.1, 0.15) is 0 Å². The Labute approximate surface area is 364 Å². The van der Waals surface area contributed by atoms with E-state index < -0.39 is 0 Å². The van der Waals surface area contributed by atoms with Gasteiger partial charge >= 0.3 is 0 Å². The molecule has 0 aliphatic rings. The molecule has 3 aromatic heterocycles. The van der Waals surface area contributed by atoms with Crippen LogP contribution in [0.15, 0.2) is 224 Å². The number of benzene rings is 9. The largest absolute Gasteiger partial charge is 0.309 e. The van der Waals surface area contributed by atoms with Crippen molar-refractivity contribution in [3.05, 3.63) is 224 Å². The molecule has 0 amide bonds. The molecule has 0 saturated heterocycles. The summed E-state index contributed by atoms with van der Waals surface area (Å²) in [6, 6.07) is 78.6. The molecule has 294 valence electrons. The van der Waals surface area contributed by atoms with Crippen LogP contribution in [-0.2, 0) is 0 Å². The fourth-order valence-corrected chi connectivity index (χ4v) is 9.03. The second-order valence-corrected chi connectivity index (χ2v) is 15.8. The van der Waals surface area contributed by atoms with Crippen LogP contribution in [0.25, 0.3) is 117 Å². The molecule has 12 rings (SSSR count). The van der Waals surface area contributed by atoms with Crippen LogP contribution >= 0.6 is 0 Å². The monoisotopic (exact) mass is 803 g/mol. The van der Waals surface area contributed by atoms with Gasteiger partial charge in [0, 0.05) is 49.5 Å². The number of pyridine rings is 1. The Morgan fingerprint density at radius 1 is 0.270 bits per heavy atom. The Hall–Kier alpha value is -8.54. The second-order valence-electron chi connectivity index (χ2n) is 15.8. The van der Waals surface area contributed by atoms with Crippen molar-refractivity contribution in [1.29, 1.82) is 0 Å². The topological polar surface area (TPSA) is 56.5 Å². The zero-order chi connectivity index (χ0) is 41.7. The van der Waals surface area contributed by atoms with E-state index in [2.05, 4.69) is 193 Å². The van der Waals surface area contributed by atoms with E-state index in [4.69, 9.17) is 19.9 Å².